The lowest BCUT2D eigenvalue weighted by atomic mass is 9.96. The second-order valence-corrected chi connectivity index (χ2v) is 8.70. The van der Waals surface area contributed by atoms with E-state index in [4.69, 9.17) is 11.6 Å². The third kappa shape index (κ3) is 5.95. The molecule has 1 aromatic carbocycles. The molecule has 0 saturated carbocycles. The molecule has 1 aromatic rings. The molecule has 0 radical (unpaired) electrons. The summed E-state index contributed by atoms with van der Waals surface area (Å²) < 4.78 is 0. The normalized spacial score (nSPS) is 21.5. The van der Waals surface area contributed by atoms with Gasteiger partial charge in [-0.05, 0) is 81.9 Å². The first kappa shape index (κ1) is 21.1. The summed E-state index contributed by atoms with van der Waals surface area (Å²) in [5.41, 5.74) is 0.626. The number of likely N-dealkylation sites (tertiary alicyclic amines) is 2. The van der Waals surface area contributed by atoms with Crippen molar-refractivity contribution in [3.8, 4) is 0 Å². The zero-order chi connectivity index (χ0) is 19.9. The molecule has 1 atom stereocenters. The van der Waals surface area contributed by atoms with Crippen LogP contribution < -0.4 is 5.32 Å². The highest BCUT2D eigenvalue weighted by atomic mass is 35.5. The highest BCUT2D eigenvalue weighted by Gasteiger charge is 2.28. The van der Waals surface area contributed by atoms with Crippen LogP contribution in [0.25, 0.3) is 0 Å². The maximum absolute atomic E-state index is 12.7. The van der Waals surface area contributed by atoms with Gasteiger partial charge in [0.1, 0.15) is 0 Å². The van der Waals surface area contributed by atoms with Crippen LogP contribution in [0.1, 0.15) is 49.4 Å². The van der Waals surface area contributed by atoms with Crippen LogP contribution in [0, 0.1) is 11.8 Å². The molecule has 0 bridgehead atoms. The van der Waals surface area contributed by atoms with E-state index in [1.54, 1.807) is 29.2 Å². The van der Waals surface area contributed by atoms with Crippen molar-refractivity contribution in [3.05, 3.63) is 34.9 Å². The fourth-order valence-corrected chi connectivity index (χ4v) is 4.22. The maximum atomic E-state index is 12.7. The molecule has 154 valence electrons. The highest BCUT2D eigenvalue weighted by molar-refractivity contribution is 6.30. The molecule has 5 nitrogen and oxygen atoms in total. The van der Waals surface area contributed by atoms with E-state index in [0.29, 0.717) is 30.2 Å². The molecule has 2 heterocycles. The van der Waals surface area contributed by atoms with Crippen molar-refractivity contribution >= 4 is 23.4 Å². The average molecular weight is 406 g/mol. The van der Waals surface area contributed by atoms with Crippen molar-refractivity contribution in [1.29, 1.82) is 0 Å². The van der Waals surface area contributed by atoms with Gasteiger partial charge < -0.3 is 15.1 Å². The molecule has 2 aliphatic rings. The van der Waals surface area contributed by atoms with Gasteiger partial charge in [-0.1, -0.05) is 18.5 Å². The van der Waals surface area contributed by atoms with Gasteiger partial charge in [0.05, 0.1) is 5.92 Å². The molecular formula is C22H32ClN3O2. The third-order valence-electron chi connectivity index (χ3n) is 6.00. The second kappa shape index (κ2) is 10.3. The maximum Gasteiger partial charge on any atom is 0.253 e. The van der Waals surface area contributed by atoms with E-state index in [2.05, 4.69) is 17.1 Å². The van der Waals surface area contributed by atoms with Crippen LogP contribution in [0.15, 0.2) is 24.3 Å². The number of nitrogens with one attached hydrogen (secondary N) is 1. The van der Waals surface area contributed by atoms with Crippen molar-refractivity contribution in [3.63, 3.8) is 0 Å². The van der Waals surface area contributed by atoms with Crippen molar-refractivity contribution in [2.45, 2.75) is 39.0 Å². The summed E-state index contributed by atoms with van der Waals surface area (Å²) in [4.78, 5) is 29.5. The summed E-state index contributed by atoms with van der Waals surface area (Å²) in [5.74, 6) is 0.802. The largest absolute Gasteiger partial charge is 0.356 e. The van der Waals surface area contributed by atoms with E-state index >= 15 is 0 Å². The van der Waals surface area contributed by atoms with Gasteiger partial charge in [0, 0.05) is 30.2 Å². The van der Waals surface area contributed by atoms with Crippen molar-refractivity contribution < 1.29 is 9.59 Å². The fraction of sp³-hybridized carbons (Fsp3) is 0.636. The highest BCUT2D eigenvalue weighted by Crippen LogP contribution is 2.20. The Kier molecular flexibility index (Phi) is 7.74. The summed E-state index contributed by atoms with van der Waals surface area (Å²) in [5, 5.41) is 3.70. The topological polar surface area (TPSA) is 52.7 Å². The smallest absolute Gasteiger partial charge is 0.253 e. The van der Waals surface area contributed by atoms with Gasteiger partial charge in [-0.3, -0.25) is 9.59 Å². The van der Waals surface area contributed by atoms with Gasteiger partial charge in [0.2, 0.25) is 5.91 Å². The van der Waals surface area contributed by atoms with Crippen LogP contribution in [-0.4, -0.2) is 60.9 Å². The van der Waals surface area contributed by atoms with Crippen LogP contribution in [0.4, 0.5) is 0 Å². The summed E-state index contributed by atoms with van der Waals surface area (Å²) in [6.07, 6.45) is 5.27. The number of piperidine rings is 2. The van der Waals surface area contributed by atoms with E-state index in [1.165, 1.54) is 25.9 Å². The van der Waals surface area contributed by atoms with Crippen LogP contribution in [0.2, 0.25) is 5.02 Å². The van der Waals surface area contributed by atoms with Crippen LogP contribution in [-0.2, 0) is 4.79 Å². The summed E-state index contributed by atoms with van der Waals surface area (Å²) in [7, 11) is 0. The standard InChI is InChI=1S/C22H32ClN3O2/c1-17-9-14-25(15-10-17)12-3-11-24-21(27)19-4-2-13-26(16-19)22(28)18-5-7-20(23)8-6-18/h5-8,17,19H,2-4,9-16H2,1H3,(H,24,27). The first-order chi connectivity index (χ1) is 13.5. The number of carbonyl (C=O) groups excluding carboxylic acids is 2. The van der Waals surface area contributed by atoms with E-state index in [9.17, 15) is 9.59 Å². The van der Waals surface area contributed by atoms with Crippen LogP contribution in [0.5, 0.6) is 0 Å². The second-order valence-electron chi connectivity index (χ2n) is 8.27. The number of benzene rings is 1. The quantitative estimate of drug-likeness (QED) is 0.737. The minimum absolute atomic E-state index is 0.0199. The predicted octanol–water partition coefficient (Wildman–Crippen LogP) is 3.43. The molecule has 0 aliphatic carbocycles. The van der Waals surface area contributed by atoms with Gasteiger partial charge in [0.25, 0.3) is 5.91 Å². The average Bonchev–Trinajstić information content (AvgIpc) is 2.72. The molecular weight excluding hydrogens is 374 g/mol. The van der Waals surface area contributed by atoms with E-state index in [0.717, 1.165) is 31.7 Å². The molecule has 2 amide bonds. The van der Waals surface area contributed by atoms with Gasteiger partial charge in [-0.25, -0.2) is 0 Å². The molecule has 2 aliphatic heterocycles. The molecule has 3 rings (SSSR count). The van der Waals surface area contributed by atoms with Crippen molar-refractivity contribution in [2.24, 2.45) is 11.8 Å². The third-order valence-corrected chi connectivity index (χ3v) is 6.25. The predicted molar refractivity (Wildman–Crippen MR) is 113 cm³/mol. The number of hydrogen-bond acceptors (Lipinski definition) is 3. The lowest BCUT2D eigenvalue weighted by Gasteiger charge is -2.32. The number of rotatable bonds is 6. The minimum Gasteiger partial charge on any atom is -0.356 e. The number of nitrogens with zero attached hydrogens (tertiary/aromatic N) is 2. The molecule has 0 aromatic heterocycles. The van der Waals surface area contributed by atoms with Gasteiger partial charge in [-0.2, -0.15) is 0 Å². The van der Waals surface area contributed by atoms with Gasteiger partial charge in [-0.15, -0.1) is 0 Å². The van der Waals surface area contributed by atoms with Crippen LogP contribution >= 0.6 is 11.6 Å². The number of hydrogen-bond donors (Lipinski definition) is 1. The lowest BCUT2D eigenvalue weighted by molar-refractivity contribution is -0.126. The fourth-order valence-electron chi connectivity index (χ4n) is 4.09. The summed E-state index contributed by atoms with van der Waals surface area (Å²) in [6, 6.07) is 6.95. The molecule has 0 spiro atoms. The Morgan fingerprint density at radius 3 is 2.54 bits per heavy atom. The molecule has 1 N–H and O–H groups in total. The SMILES string of the molecule is CC1CCN(CCCNC(=O)C2CCCN(C(=O)c3ccc(Cl)cc3)C2)CC1. The Labute approximate surface area is 173 Å². The van der Waals surface area contributed by atoms with Crippen molar-refractivity contribution in [1.82, 2.24) is 15.1 Å². The van der Waals surface area contributed by atoms with E-state index in [-0.39, 0.29) is 17.7 Å². The Morgan fingerprint density at radius 2 is 1.82 bits per heavy atom. The number of halogens is 1. The zero-order valence-corrected chi connectivity index (χ0v) is 17.6. The Hall–Kier alpha value is -1.59. The first-order valence-electron chi connectivity index (χ1n) is 10.6. The van der Waals surface area contributed by atoms with Crippen molar-refractivity contribution in [2.75, 3.05) is 39.3 Å². The number of amides is 2. The monoisotopic (exact) mass is 405 g/mol. The molecule has 2 saturated heterocycles. The van der Waals surface area contributed by atoms with E-state index in [1.807, 2.05) is 0 Å². The molecule has 1 unspecified atom stereocenters. The van der Waals surface area contributed by atoms with Crippen LogP contribution in [0.3, 0.4) is 0 Å². The zero-order valence-electron chi connectivity index (χ0n) is 16.8. The molecule has 6 heteroatoms. The lowest BCUT2D eigenvalue weighted by Crippen LogP contribution is -2.45. The Morgan fingerprint density at radius 1 is 1.11 bits per heavy atom. The summed E-state index contributed by atoms with van der Waals surface area (Å²) in [6.45, 7) is 7.66. The van der Waals surface area contributed by atoms with Gasteiger partial charge in [0.15, 0.2) is 0 Å². The summed E-state index contributed by atoms with van der Waals surface area (Å²) >= 11 is 5.90. The minimum atomic E-state index is -0.110. The Bertz CT molecular complexity index is 656. The molecule has 2 fully saturated rings. The van der Waals surface area contributed by atoms with Gasteiger partial charge >= 0.3 is 0 Å². The van der Waals surface area contributed by atoms with E-state index < -0.39 is 0 Å². The molecule has 28 heavy (non-hydrogen) atoms. The first-order valence-corrected chi connectivity index (χ1v) is 11.0. The number of carbonyl (C=O) groups is 2. The Balaban J connectivity index is 1.40.